The van der Waals surface area contributed by atoms with Gasteiger partial charge in [-0.1, -0.05) is 30.3 Å². The van der Waals surface area contributed by atoms with Crippen molar-refractivity contribution in [2.45, 2.75) is 37.4 Å². The molecular weight excluding hydrogens is 362 g/mol. The largest absolute Gasteiger partial charge is 0.508 e. The number of nitrogens with zero attached hydrogens (tertiary/aromatic N) is 2. The van der Waals surface area contributed by atoms with Crippen molar-refractivity contribution in [1.29, 1.82) is 0 Å². The second-order valence-corrected chi connectivity index (χ2v) is 7.43. The molecule has 6 heteroatoms. The molecule has 2 aromatic rings. The summed E-state index contributed by atoms with van der Waals surface area (Å²) in [6.07, 6.45) is 1.98. The Bertz CT molecular complexity index is 814. The summed E-state index contributed by atoms with van der Waals surface area (Å²) in [5.41, 5.74) is 3.48. The lowest BCUT2D eigenvalue weighted by molar-refractivity contribution is 0.201. The van der Waals surface area contributed by atoms with Gasteiger partial charge in [-0.15, -0.1) is 12.4 Å². The van der Waals surface area contributed by atoms with E-state index in [0.29, 0.717) is 18.2 Å². The highest BCUT2D eigenvalue weighted by molar-refractivity contribution is 5.85. The predicted octanol–water partition coefficient (Wildman–Crippen LogP) is 3.72. The van der Waals surface area contributed by atoms with Gasteiger partial charge in [0.15, 0.2) is 0 Å². The average Bonchev–Trinajstić information content (AvgIpc) is 3.16. The minimum absolute atomic E-state index is 0. The molecule has 0 saturated heterocycles. The maximum absolute atomic E-state index is 12.7. The number of phenols is 1. The number of fused-ring (bicyclic) bond motifs is 3. The summed E-state index contributed by atoms with van der Waals surface area (Å²) in [6, 6.07) is 15.9. The number of nitrogens with one attached hydrogen (secondary N) is 1. The Kier molecular flexibility index (Phi) is 5.51. The maximum atomic E-state index is 12.7. The molecule has 1 saturated carbocycles. The number of amides is 2. The van der Waals surface area contributed by atoms with Crippen LogP contribution >= 0.6 is 12.4 Å². The summed E-state index contributed by atoms with van der Waals surface area (Å²) >= 11 is 0. The molecule has 3 atom stereocenters. The molecule has 1 aliphatic heterocycles. The molecular formula is C21H26ClN3O2. The predicted molar refractivity (Wildman–Crippen MR) is 110 cm³/mol. The van der Waals surface area contributed by atoms with Crippen LogP contribution in [0.25, 0.3) is 0 Å². The number of hydrogen-bond donors (Lipinski definition) is 2. The lowest BCUT2D eigenvalue weighted by atomic mass is 9.97. The molecule has 1 heterocycles. The molecule has 27 heavy (non-hydrogen) atoms. The first-order valence-electron chi connectivity index (χ1n) is 9.16. The number of likely N-dealkylation sites (N-methyl/N-ethyl adjacent to an activating group) is 1. The third-order valence-corrected chi connectivity index (χ3v) is 5.77. The summed E-state index contributed by atoms with van der Waals surface area (Å²) in [4.78, 5) is 16.7. The van der Waals surface area contributed by atoms with Crippen molar-refractivity contribution in [3.8, 4) is 5.75 Å². The van der Waals surface area contributed by atoms with Crippen LogP contribution in [0.2, 0.25) is 0 Å². The second kappa shape index (κ2) is 7.69. The van der Waals surface area contributed by atoms with Gasteiger partial charge in [0.1, 0.15) is 5.75 Å². The number of carbonyl (C=O) groups is 1. The molecule has 2 amide bonds. The standard InChI is InChI=1S/C21H25N3O2.ClH/c1-23(13-14-6-4-3-5-7-14)21(26)22-18-10-9-16-17-12-15(25)8-11-19(17)24(2)20(16)18;/h3-8,11-12,16,18,20,25H,9-10,13H2,1-2H3,(H,22,26);1H. The van der Waals surface area contributed by atoms with E-state index in [1.165, 1.54) is 5.56 Å². The minimum Gasteiger partial charge on any atom is -0.508 e. The third kappa shape index (κ3) is 3.56. The van der Waals surface area contributed by atoms with Crippen LogP contribution in [0.5, 0.6) is 5.75 Å². The van der Waals surface area contributed by atoms with Crippen molar-refractivity contribution in [3.63, 3.8) is 0 Å². The van der Waals surface area contributed by atoms with E-state index in [0.717, 1.165) is 24.1 Å². The number of halogens is 1. The minimum atomic E-state index is -0.0355. The Morgan fingerprint density at radius 1 is 1.22 bits per heavy atom. The third-order valence-electron chi connectivity index (χ3n) is 5.77. The lowest BCUT2D eigenvalue weighted by Gasteiger charge is -2.30. The van der Waals surface area contributed by atoms with Gasteiger partial charge in [-0.3, -0.25) is 0 Å². The van der Waals surface area contributed by atoms with Crippen molar-refractivity contribution in [2.75, 3.05) is 19.0 Å². The lowest BCUT2D eigenvalue weighted by Crippen LogP contribution is -2.50. The molecule has 2 N–H and O–H groups in total. The van der Waals surface area contributed by atoms with Crippen LogP contribution in [0.4, 0.5) is 10.5 Å². The van der Waals surface area contributed by atoms with Gasteiger partial charge in [-0.05, 0) is 42.2 Å². The van der Waals surface area contributed by atoms with Crippen LogP contribution in [0.1, 0.15) is 29.9 Å². The topological polar surface area (TPSA) is 55.8 Å². The van der Waals surface area contributed by atoms with Gasteiger partial charge in [0.2, 0.25) is 0 Å². The fourth-order valence-electron chi connectivity index (χ4n) is 4.54. The molecule has 1 fully saturated rings. The van der Waals surface area contributed by atoms with Crippen LogP contribution in [0, 0.1) is 0 Å². The Morgan fingerprint density at radius 3 is 2.70 bits per heavy atom. The van der Waals surface area contributed by atoms with Gasteiger partial charge in [0.25, 0.3) is 0 Å². The van der Waals surface area contributed by atoms with E-state index < -0.39 is 0 Å². The molecule has 4 rings (SSSR count). The van der Waals surface area contributed by atoms with Crippen LogP contribution in [-0.2, 0) is 6.54 Å². The van der Waals surface area contributed by atoms with E-state index in [2.05, 4.69) is 17.3 Å². The first-order valence-corrected chi connectivity index (χ1v) is 9.16. The van der Waals surface area contributed by atoms with E-state index >= 15 is 0 Å². The number of phenolic OH excluding ortho intramolecular Hbond substituents is 1. The Balaban J connectivity index is 0.00000210. The van der Waals surface area contributed by atoms with Crippen LogP contribution < -0.4 is 10.2 Å². The molecule has 2 aromatic carbocycles. The zero-order valence-electron chi connectivity index (χ0n) is 15.6. The highest BCUT2D eigenvalue weighted by atomic mass is 35.5. The summed E-state index contributed by atoms with van der Waals surface area (Å²) < 4.78 is 0. The first kappa shape index (κ1) is 19.4. The average molecular weight is 388 g/mol. The second-order valence-electron chi connectivity index (χ2n) is 7.43. The highest BCUT2D eigenvalue weighted by Crippen LogP contribution is 2.49. The summed E-state index contributed by atoms with van der Waals surface area (Å²) in [5.74, 6) is 0.680. The molecule has 3 unspecified atom stereocenters. The zero-order chi connectivity index (χ0) is 18.3. The Hall–Kier alpha value is -2.40. The molecule has 0 radical (unpaired) electrons. The number of rotatable bonds is 3. The Labute approximate surface area is 166 Å². The molecule has 1 aliphatic carbocycles. The normalized spacial score (nSPS) is 22.6. The fourth-order valence-corrected chi connectivity index (χ4v) is 4.54. The number of benzene rings is 2. The van der Waals surface area contributed by atoms with E-state index in [9.17, 15) is 9.90 Å². The highest BCUT2D eigenvalue weighted by Gasteiger charge is 2.46. The van der Waals surface area contributed by atoms with E-state index in [4.69, 9.17) is 0 Å². The Morgan fingerprint density at radius 2 is 1.96 bits per heavy atom. The van der Waals surface area contributed by atoms with E-state index in [1.807, 2.05) is 49.5 Å². The number of urea groups is 1. The molecule has 0 aromatic heterocycles. The number of carbonyl (C=O) groups excluding carboxylic acids is 1. The molecule has 0 spiro atoms. The summed E-state index contributed by atoms with van der Waals surface area (Å²) in [5, 5.41) is 13.1. The van der Waals surface area contributed by atoms with Crippen LogP contribution in [-0.4, -0.2) is 42.2 Å². The van der Waals surface area contributed by atoms with E-state index in [-0.39, 0.29) is 30.5 Å². The smallest absolute Gasteiger partial charge is 0.317 e. The van der Waals surface area contributed by atoms with Crippen molar-refractivity contribution in [2.24, 2.45) is 0 Å². The van der Waals surface area contributed by atoms with Gasteiger partial charge in [-0.2, -0.15) is 0 Å². The molecule has 5 nitrogen and oxygen atoms in total. The SMILES string of the molecule is CN(Cc1ccccc1)C(=O)NC1CCC2c3cc(O)ccc3N(C)C12.Cl. The van der Waals surface area contributed by atoms with E-state index in [1.54, 1.807) is 11.0 Å². The number of anilines is 1. The van der Waals surface area contributed by atoms with Crippen molar-refractivity contribution < 1.29 is 9.90 Å². The van der Waals surface area contributed by atoms with Crippen molar-refractivity contribution in [1.82, 2.24) is 10.2 Å². The number of aromatic hydroxyl groups is 1. The van der Waals surface area contributed by atoms with Crippen molar-refractivity contribution >= 4 is 24.1 Å². The molecule has 0 bridgehead atoms. The molecule has 144 valence electrons. The van der Waals surface area contributed by atoms with Crippen LogP contribution in [0.15, 0.2) is 48.5 Å². The van der Waals surface area contributed by atoms with Gasteiger partial charge in [0.05, 0.1) is 12.1 Å². The maximum Gasteiger partial charge on any atom is 0.317 e. The number of hydrogen-bond acceptors (Lipinski definition) is 3. The quantitative estimate of drug-likeness (QED) is 0.843. The van der Waals surface area contributed by atoms with Gasteiger partial charge in [0, 0.05) is 32.2 Å². The van der Waals surface area contributed by atoms with Gasteiger partial charge < -0.3 is 20.2 Å². The van der Waals surface area contributed by atoms with Crippen molar-refractivity contribution in [3.05, 3.63) is 59.7 Å². The summed E-state index contributed by atoms with van der Waals surface area (Å²) in [6.45, 7) is 0.595. The van der Waals surface area contributed by atoms with Crippen LogP contribution in [0.3, 0.4) is 0 Å². The fraction of sp³-hybridized carbons (Fsp3) is 0.381. The first-order chi connectivity index (χ1) is 12.5. The van der Waals surface area contributed by atoms with Gasteiger partial charge in [-0.25, -0.2) is 4.79 Å². The summed E-state index contributed by atoms with van der Waals surface area (Å²) in [7, 11) is 3.92. The molecule has 2 aliphatic rings. The zero-order valence-corrected chi connectivity index (χ0v) is 16.4. The monoisotopic (exact) mass is 387 g/mol. The van der Waals surface area contributed by atoms with Gasteiger partial charge >= 0.3 is 6.03 Å².